The molecule has 0 saturated carbocycles. The van der Waals surface area contributed by atoms with Crippen molar-refractivity contribution in [3.8, 4) is 0 Å². The summed E-state index contributed by atoms with van der Waals surface area (Å²) < 4.78 is 30.8. The molecular weight excluding hydrogens is 484 g/mol. The molecule has 2 fully saturated rings. The number of amides is 1. The number of pyridine rings is 1. The van der Waals surface area contributed by atoms with Crippen molar-refractivity contribution >= 4 is 61.6 Å². The van der Waals surface area contributed by atoms with Crippen molar-refractivity contribution in [1.29, 1.82) is 0 Å². The van der Waals surface area contributed by atoms with Crippen molar-refractivity contribution in [1.82, 2.24) is 14.3 Å². The van der Waals surface area contributed by atoms with Gasteiger partial charge in [0.15, 0.2) is 9.84 Å². The molecule has 1 atom stereocenters. The minimum absolute atomic E-state index is 0.0323. The summed E-state index contributed by atoms with van der Waals surface area (Å²) in [6.07, 6.45) is 4.97. The summed E-state index contributed by atoms with van der Waals surface area (Å²) in [5.74, 6) is 0.482. The zero-order chi connectivity index (χ0) is 23.2. The summed E-state index contributed by atoms with van der Waals surface area (Å²) in [6, 6.07) is 8.27. The highest BCUT2D eigenvalue weighted by Crippen LogP contribution is 2.36. The Bertz CT molecular complexity index is 1460. The van der Waals surface area contributed by atoms with Crippen LogP contribution < -0.4 is 10.9 Å². The molecule has 0 radical (unpaired) electrons. The predicted octanol–water partition coefficient (Wildman–Crippen LogP) is 2.29. The topological polar surface area (TPSA) is 114 Å². The number of nitrogens with zero attached hydrogens (tertiary/aromatic N) is 3. The van der Waals surface area contributed by atoms with Crippen LogP contribution in [-0.4, -0.2) is 50.5 Å². The third kappa shape index (κ3) is 4.21. The Balaban J connectivity index is 1.54. The van der Waals surface area contributed by atoms with E-state index in [2.05, 4.69) is 10.3 Å². The van der Waals surface area contributed by atoms with E-state index in [9.17, 15) is 18.0 Å². The van der Waals surface area contributed by atoms with E-state index >= 15 is 0 Å². The molecule has 3 aromatic rings. The lowest BCUT2D eigenvalue weighted by Crippen LogP contribution is -2.39. The Kier molecular flexibility index (Phi) is 5.59. The number of hydrogen-bond donors (Lipinski definition) is 1. The fraction of sp³-hybridized carbons (Fsp3) is 0.238. The van der Waals surface area contributed by atoms with Gasteiger partial charge < -0.3 is 9.73 Å². The van der Waals surface area contributed by atoms with Crippen LogP contribution in [0.2, 0.25) is 0 Å². The fourth-order valence-corrected chi connectivity index (χ4v) is 6.94. The molecule has 12 heteroatoms. The van der Waals surface area contributed by atoms with Crippen LogP contribution in [0.4, 0.5) is 5.82 Å². The Labute approximate surface area is 198 Å². The van der Waals surface area contributed by atoms with E-state index in [4.69, 9.17) is 16.6 Å². The van der Waals surface area contributed by atoms with Gasteiger partial charge in [0.2, 0.25) is 0 Å². The van der Waals surface area contributed by atoms with Crippen LogP contribution in [0.1, 0.15) is 17.7 Å². The van der Waals surface area contributed by atoms with E-state index < -0.39 is 21.8 Å². The van der Waals surface area contributed by atoms with E-state index in [-0.39, 0.29) is 31.9 Å². The Hall–Kier alpha value is -2.96. The van der Waals surface area contributed by atoms with Gasteiger partial charge in [-0.1, -0.05) is 30.0 Å². The van der Waals surface area contributed by atoms with Crippen molar-refractivity contribution in [3.05, 3.63) is 69.4 Å². The third-order valence-corrected chi connectivity index (χ3v) is 8.53. The average Bonchev–Trinajstić information content (AvgIpc) is 3.49. The molecule has 5 heterocycles. The second-order valence-corrected chi connectivity index (χ2v) is 11.6. The Morgan fingerprint density at radius 1 is 1.27 bits per heavy atom. The van der Waals surface area contributed by atoms with Gasteiger partial charge in [0.05, 0.1) is 40.8 Å². The standard InChI is InChI=1S/C21H18N4O5S3/c26-19-15(10-16-20(27)25(21(31)32-16)13-6-9-33(28,29)12-13)18(22-11-14-4-3-8-30-14)23-17-5-1-2-7-24(17)19/h1-5,7-8,10,13,22H,6,9,11-12H2/b16-10+. The summed E-state index contributed by atoms with van der Waals surface area (Å²) in [6.45, 7) is 0.296. The van der Waals surface area contributed by atoms with Gasteiger partial charge >= 0.3 is 0 Å². The maximum absolute atomic E-state index is 13.3. The molecule has 0 bridgehead atoms. The molecule has 9 nitrogen and oxygen atoms in total. The third-order valence-electron chi connectivity index (χ3n) is 5.45. The van der Waals surface area contributed by atoms with Gasteiger partial charge in [0.1, 0.15) is 21.5 Å². The molecule has 1 unspecified atom stereocenters. The van der Waals surface area contributed by atoms with Gasteiger partial charge in [-0.05, 0) is 36.8 Å². The number of hydrogen-bond acceptors (Lipinski definition) is 9. The van der Waals surface area contributed by atoms with Gasteiger partial charge in [0.25, 0.3) is 11.5 Å². The first-order valence-corrected chi connectivity index (χ1v) is 13.1. The summed E-state index contributed by atoms with van der Waals surface area (Å²) in [5.41, 5.74) is 0.298. The van der Waals surface area contributed by atoms with E-state index in [1.807, 2.05) is 0 Å². The molecule has 2 saturated heterocycles. The van der Waals surface area contributed by atoms with Gasteiger partial charge in [0, 0.05) is 6.20 Å². The number of anilines is 1. The van der Waals surface area contributed by atoms with E-state index in [0.29, 0.717) is 30.2 Å². The molecule has 170 valence electrons. The number of aromatic nitrogens is 2. The van der Waals surface area contributed by atoms with E-state index in [0.717, 1.165) is 11.8 Å². The molecule has 0 aromatic carbocycles. The van der Waals surface area contributed by atoms with E-state index in [1.165, 1.54) is 15.4 Å². The van der Waals surface area contributed by atoms with Gasteiger partial charge in [-0.2, -0.15) is 0 Å². The molecule has 1 amide bonds. The van der Waals surface area contributed by atoms with Gasteiger partial charge in [-0.25, -0.2) is 13.4 Å². The molecular formula is C21H18N4O5S3. The van der Waals surface area contributed by atoms with Crippen LogP contribution in [0.25, 0.3) is 11.7 Å². The van der Waals surface area contributed by atoms with Gasteiger partial charge in [-0.15, -0.1) is 0 Å². The number of sulfone groups is 1. The van der Waals surface area contributed by atoms with Crippen LogP contribution in [0.3, 0.4) is 0 Å². The average molecular weight is 503 g/mol. The maximum atomic E-state index is 13.3. The van der Waals surface area contributed by atoms with Crippen LogP contribution in [0.5, 0.6) is 0 Å². The zero-order valence-electron chi connectivity index (χ0n) is 17.1. The summed E-state index contributed by atoms with van der Waals surface area (Å²) >= 11 is 6.43. The lowest BCUT2D eigenvalue weighted by atomic mass is 10.2. The highest BCUT2D eigenvalue weighted by molar-refractivity contribution is 8.26. The minimum Gasteiger partial charge on any atom is -0.467 e. The second kappa shape index (κ2) is 8.43. The number of furan rings is 1. The summed E-state index contributed by atoms with van der Waals surface area (Å²) in [7, 11) is -3.19. The molecule has 0 aliphatic carbocycles. The number of nitrogens with one attached hydrogen (secondary N) is 1. The lowest BCUT2D eigenvalue weighted by molar-refractivity contribution is -0.123. The van der Waals surface area contributed by atoms with Crippen LogP contribution in [0.15, 0.2) is 56.9 Å². The number of rotatable bonds is 5. The predicted molar refractivity (Wildman–Crippen MR) is 130 cm³/mol. The SMILES string of the molecule is O=C1/C(=C\c2c(NCc3ccco3)nc3ccccn3c2=O)SC(=S)N1C1CCS(=O)(=O)C1. The molecule has 3 aromatic heterocycles. The first-order valence-electron chi connectivity index (χ1n) is 10.1. The number of thiocarbonyl (C=S) groups is 1. The van der Waals surface area contributed by atoms with Crippen molar-refractivity contribution < 1.29 is 17.6 Å². The highest BCUT2D eigenvalue weighted by Gasteiger charge is 2.42. The van der Waals surface area contributed by atoms with Crippen molar-refractivity contribution in [2.75, 3.05) is 16.8 Å². The fourth-order valence-electron chi connectivity index (χ4n) is 3.86. The van der Waals surface area contributed by atoms with Crippen molar-refractivity contribution in [2.24, 2.45) is 0 Å². The smallest absolute Gasteiger partial charge is 0.267 e. The molecule has 1 N–H and O–H groups in total. The van der Waals surface area contributed by atoms with Crippen LogP contribution in [0, 0.1) is 0 Å². The normalized spacial score (nSPS) is 21.4. The first kappa shape index (κ1) is 21.9. The Morgan fingerprint density at radius 3 is 2.85 bits per heavy atom. The number of fused-ring (bicyclic) bond motifs is 1. The first-order chi connectivity index (χ1) is 15.8. The maximum Gasteiger partial charge on any atom is 0.267 e. The monoisotopic (exact) mass is 502 g/mol. The molecule has 0 spiro atoms. The van der Waals surface area contributed by atoms with Crippen molar-refractivity contribution in [2.45, 2.75) is 19.0 Å². The summed E-state index contributed by atoms with van der Waals surface area (Å²) in [4.78, 5) is 32.6. The second-order valence-electron chi connectivity index (χ2n) is 7.65. The van der Waals surface area contributed by atoms with E-state index in [1.54, 1.807) is 42.8 Å². The summed E-state index contributed by atoms with van der Waals surface area (Å²) in [5, 5.41) is 3.12. The number of carbonyl (C=O) groups excluding carboxylic acids is 1. The largest absolute Gasteiger partial charge is 0.467 e. The van der Waals surface area contributed by atoms with Gasteiger partial charge in [-0.3, -0.25) is 18.9 Å². The number of thioether (sulfide) groups is 1. The molecule has 5 rings (SSSR count). The molecule has 2 aliphatic heterocycles. The number of carbonyl (C=O) groups is 1. The minimum atomic E-state index is -3.19. The zero-order valence-corrected chi connectivity index (χ0v) is 19.6. The molecule has 33 heavy (non-hydrogen) atoms. The Morgan fingerprint density at radius 2 is 2.12 bits per heavy atom. The highest BCUT2D eigenvalue weighted by atomic mass is 32.2. The molecule has 2 aliphatic rings. The van der Waals surface area contributed by atoms with Crippen LogP contribution >= 0.6 is 24.0 Å². The quantitative estimate of drug-likeness (QED) is 0.415. The van der Waals surface area contributed by atoms with Crippen molar-refractivity contribution in [3.63, 3.8) is 0 Å². The van der Waals surface area contributed by atoms with Crippen LogP contribution in [-0.2, 0) is 21.2 Å². The lowest BCUT2D eigenvalue weighted by Gasteiger charge is -2.20.